The number of primary amides is 2. The highest BCUT2D eigenvalue weighted by Gasteiger charge is 2.42. The van der Waals surface area contributed by atoms with Crippen LogP contribution >= 0.6 is 0 Å². The average Bonchev–Trinajstić information content (AvgIpc) is 3.39. The van der Waals surface area contributed by atoms with Gasteiger partial charge < -0.3 is 11.5 Å². The minimum atomic E-state index is -1.01. The summed E-state index contributed by atoms with van der Waals surface area (Å²) in [6, 6.07) is 16.1. The monoisotopic (exact) mass is 538 g/mol. The van der Waals surface area contributed by atoms with Crippen LogP contribution in [0.2, 0.25) is 0 Å². The van der Waals surface area contributed by atoms with Crippen LogP contribution in [0, 0.1) is 0 Å². The third-order valence-electron chi connectivity index (χ3n) is 5.96. The van der Waals surface area contributed by atoms with Gasteiger partial charge in [0.15, 0.2) is 11.4 Å². The molecule has 0 atom stereocenters. The highest BCUT2D eigenvalue weighted by Crippen LogP contribution is 2.33. The minimum absolute atomic E-state index is 0.166. The van der Waals surface area contributed by atoms with Crippen molar-refractivity contribution in [1.29, 1.82) is 0 Å². The van der Waals surface area contributed by atoms with E-state index in [1.165, 1.54) is 48.5 Å². The van der Waals surface area contributed by atoms with Gasteiger partial charge in [0.05, 0.1) is 22.5 Å². The fourth-order valence-electron chi connectivity index (χ4n) is 4.34. The lowest BCUT2D eigenvalue weighted by atomic mass is 10.0. The summed E-state index contributed by atoms with van der Waals surface area (Å²) in [4.78, 5) is 78.2. The Balaban J connectivity index is 1.56. The Morgan fingerprint density at radius 2 is 0.925 bits per heavy atom. The Hall–Kier alpha value is -6.18. The third kappa shape index (κ3) is 4.20. The second-order valence-corrected chi connectivity index (χ2v) is 8.34. The van der Waals surface area contributed by atoms with Gasteiger partial charge in [-0.1, -0.05) is 48.5 Å². The molecule has 2 aliphatic rings. The third-order valence-corrected chi connectivity index (χ3v) is 5.96. The van der Waals surface area contributed by atoms with Crippen molar-refractivity contribution in [1.82, 2.24) is 10.9 Å². The number of anilines is 2. The summed E-state index contributed by atoms with van der Waals surface area (Å²) in [5.74, 6) is -3.49. The highest BCUT2D eigenvalue weighted by molar-refractivity contribution is 6.60. The first-order chi connectivity index (χ1) is 19.2. The quantitative estimate of drug-likeness (QED) is 0.279. The molecule has 0 unspecified atom stereocenters. The molecule has 40 heavy (non-hydrogen) atoms. The first-order valence-corrected chi connectivity index (χ1v) is 11.5. The minimum Gasteiger partial charge on any atom is -0.350 e. The predicted octanol–water partition coefficient (Wildman–Crippen LogP) is 0.805. The molecule has 3 aromatic rings. The Bertz CT molecular complexity index is 1590. The molecule has 0 radical (unpaired) electrons. The summed E-state index contributed by atoms with van der Waals surface area (Å²) < 4.78 is 0. The molecule has 6 N–H and O–H groups in total. The number of hydrogen-bond acceptors (Lipinski definition) is 8. The van der Waals surface area contributed by atoms with Gasteiger partial charge in [0.25, 0.3) is 23.6 Å². The number of nitrogens with one attached hydrogen (secondary N) is 2. The number of imide groups is 2. The van der Waals surface area contributed by atoms with Crippen LogP contribution in [0.1, 0.15) is 31.8 Å². The predicted molar refractivity (Wildman–Crippen MR) is 141 cm³/mol. The summed E-state index contributed by atoms with van der Waals surface area (Å²) in [5.41, 5.74) is 14.1. The number of para-hydroxylation sites is 2. The fourth-order valence-corrected chi connectivity index (χ4v) is 4.34. The van der Waals surface area contributed by atoms with Crippen LogP contribution in [-0.4, -0.2) is 47.1 Å². The summed E-state index contributed by atoms with van der Waals surface area (Å²) in [6.07, 6.45) is 0. The SMILES string of the molecule is NC(=O)N/N=C1/C(=O)N(C(=O)c2ccccc2C(=O)N2C(=O)/C(=N/NC(N)=O)c3ccccc32)c2ccccc21. The number of nitrogens with zero attached hydrogens (tertiary/aromatic N) is 4. The molecular weight excluding hydrogens is 520 g/mol. The molecule has 0 bridgehead atoms. The number of hydrazone groups is 2. The van der Waals surface area contributed by atoms with Crippen LogP contribution in [0.3, 0.4) is 0 Å². The molecular formula is C26H18N8O6. The summed E-state index contributed by atoms with van der Waals surface area (Å²) in [5, 5.41) is 7.48. The lowest BCUT2D eigenvalue weighted by molar-refractivity contribution is -0.112. The molecule has 14 nitrogen and oxygen atoms in total. The van der Waals surface area contributed by atoms with E-state index >= 15 is 0 Å². The van der Waals surface area contributed by atoms with Crippen molar-refractivity contribution in [2.24, 2.45) is 21.7 Å². The molecule has 0 saturated carbocycles. The lowest BCUT2D eigenvalue weighted by Gasteiger charge is -2.19. The maximum absolute atomic E-state index is 13.8. The average molecular weight is 538 g/mol. The zero-order valence-corrected chi connectivity index (χ0v) is 20.3. The maximum Gasteiger partial charge on any atom is 0.332 e. The molecule has 0 aliphatic carbocycles. The van der Waals surface area contributed by atoms with Crippen LogP contribution in [0.5, 0.6) is 0 Å². The van der Waals surface area contributed by atoms with Crippen molar-refractivity contribution in [3.05, 3.63) is 95.1 Å². The molecule has 2 aliphatic heterocycles. The Kier molecular flexibility index (Phi) is 6.33. The fraction of sp³-hybridized carbons (Fsp3) is 0. The van der Waals surface area contributed by atoms with Gasteiger partial charge in [0.2, 0.25) is 0 Å². The van der Waals surface area contributed by atoms with Crippen LogP contribution in [-0.2, 0) is 9.59 Å². The normalized spacial score (nSPS) is 15.7. The first-order valence-electron chi connectivity index (χ1n) is 11.5. The number of fused-ring (bicyclic) bond motifs is 2. The van der Waals surface area contributed by atoms with Gasteiger partial charge in [-0.2, -0.15) is 10.2 Å². The number of urea groups is 2. The molecule has 14 heteroatoms. The van der Waals surface area contributed by atoms with E-state index in [-0.39, 0.29) is 45.1 Å². The van der Waals surface area contributed by atoms with Crippen molar-refractivity contribution < 1.29 is 28.8 Å². The van der Waals surface area contributed by atoms with Crippen LogP contribution in [0.15, 0.2) is 83.0 Å². The molecule has 0 saturated heterocycles. The van der Waals surface area contributed by atoms with E-state index in [1.54, 1.807) is 24.3 Å². The van der Waals surface area contributed by atoms with Crippen LogP contribution in [0.4, 0.5) is 21.0 Å². The van der Waals surface area contributed by atoms with Gasteiger partial charge >= 0.3 is 12.1 Å². The smallest absolute Gasteiger partial charge is 0.332 e. The second kappa shape index (κ2) is 9.94. The van der Waals surface area contributed by atoms with Crippen molar-refractivity contribution in [3.8, 4) is 0 Å². The Labute approximate surface area is 224 Å². The first kappa shape index (κ1) is 25.5. The zero-order valence-electron chi connectivity index (χ0n) is 20.3. The van der Waals surface area contributed by atoms with Gasteiger partial charge in [0, 0.05) is 11.1 Å². The lowest BCUT2D eigenvalue weighted by Crippen LogP contribution is -2.40. The topological polar surface area (TPSA) is 210 Å². The number of carbonyl (C=O) groups is 6. The van der Waals surface area contributed by atoms with Gasteiger partial charge in [0.1, 0.15) is 0 Å². The number of rotatable bonds is 4. The van der Waals surface area contributed by atoms with E-state index in [0.29, 0.717) is 0 Å². The molecule has 5 rings (SSSR count). The Morgan fingerprint density at radius 1 is 0.575 bits per heavy atom. The van der Waals surface area contributed by atoms with E-state index in [2.05, 4.69) is 10.2 Å². The number of carbonyl (C=O) groups excluding carboxylic acids is 6. The van der Waals surface area contributed by atoms with Crippen LogP contribution < -0.4 is 32.1 Å². The summed E-state index contributed by atoms with van der Waals surface area (Å²) in [6.45, 7) is 0. The van der Waals surface area contributed by atoms with Crippen molar-refractivity contribution in [2.45, 2.75) is 0 Å². The van der Waals surface area contributed by atoms with E-state index in [1.807, 2.05) is 10.9 Å². The second-order valence-electron chi connectivity index (χ2n) is 8.34. The standard InChI is InChI=1S/C26H18N8O6/c27-25(39)31-29-19-15-9-3-5-11-17(15)33(23(19)37)21(35)13-7-1-2-8-14(13)22(36)34-18-12-6-4-10-16(18)20(24(34)38)30-32-26(28)40/h1-12H,(H3,27,31,39)(H3,28,32,40)/b29-19+,30-20+. The van der Waals surface area contributed by atoms with Crippen LogP contribution in [0.25, 0.3) is 0 Å². The molecule has 198 valence electrons. The largest absolute Gasteiger partial charge is 0.350 e. The summed E-state index contributed by atoms with van der Waals surface area (Å²) in [7, 11) is 0. The summed E-state index contributed by atoms with van der Waals surface area (Å²) >= 11 is 0. The van der Waals surface area contributed by atoms with Gasteiger partial charge in [-0.15, -0.1) is 0 Å². The highest BCUT2D eigenvalue weighted by atomic mass is 16.2. The molecule has 8 amide bonds. The molecule has 0 spiro atoms. The number of nitrogens with two attached hydrogens (primary N) is 2. The molecule has 0 aromatic heterocycles. The van der Waals surface area contributed by atoms with Crippen molar-refractivity contribution >= 4 is 58.5 Å². The van der Waals surface area contributed by atoms with E-state index in [9.17, 15) is 28.8 Å². The molecule has 0 fully saturated rings. The van der Waals surface area contributed by atoms with Crippen molar-refractivity contribution in [3.63, 3.8) is 0 Å². The van der Waals surface area contributed by atoms with E-state index in [4.69, 9.17) is 11.5 Å². The van der Waals surface area contributed by atoms with E-state index in [0.717, 1.165) is 9.80 Å². The Morgan fingerprint density at radius 3 is 1.30 bits per heavy atom. The van der Waals surface area contributed by atoms with Gasteiger partial charge in [-0.3, -0.25) is 19.2 Å². The van der Waals surface area contributed by atoms with Gasteiger partial charge in [-0.25, -0.2) is 30.2 Å². The van der Waals surface area contributed by atoms with E-state index < -0.39 is 35.7 Å². The van der Waals surface area contributed by atoms with Gasteiger partial charge in [-0.05, 0) is 24.3 Å². The zero-order chi connectivity index (χ0) is 28.6. The number of hydrogen-bond donors (Lipinski definition) is 4. The number of benzene rings is 3. The van der Waals surface area contributed by atoms with Crippen molar-refractivity contribution in [2.75, 3.05) is 9.80 Å². The number of amides is 8. The molecule has 3 aromatic carbocycles. The molecule has 2 heterocycles. The maximum atomic E-state index is 13.8.